The van der Waals surface area contributed by atoms with Crippen molar-refractivity contribution in [2.75, 3.05) is 23.9 Å². The Hall–Kier alpha value is -3.79. The van der Waals surface area contributed by atoms with Crippen molar-refractivity contribution >= 4 is 34.9 Å². The number of anilines is 1. The molecule has 2 amide bonds. The number of amides is 2. The quantitative estimate of drug-likeness (QED) is 0.368. The van der Waals surface area contributed by atoms with Gasteiger partial charge in [0.2, 0.25) is 0 Å². The Kier molecular flexibility index (Phi) is 7.26. The average Bonchev–Trinajstić information content (AvgIpc) is 3.51. The summed E-state index contributed by atoms with van der Waals surface area (Å²) in [6.45, 7) is -0.178. The number of nitrogens with one attached hydrogen (secondary N) is 2. The molecule has 0 aliphatic carbocycles. The first kappa shape index (κ1) is 22.4. The van der Waals surface area contributed by atoms with Crippen LogP contribution in [0.25, 0.3) is 5.65 Å². The van der Waals surface area contributed by atoms with Crippen molar-refractivity contribution in [2.45, 2.75) is 12.5 Å². The summed E-state index contributed by atoms with van der Waals surface area (Å²) in [5.74, 6) is 1.54. The van der Waals surface area contributed by atoms with Crippen LogP contribution < -0.4 is 15.4 Å². The van der Waals surface area contributed by atoms with Crippen LogP contribution in [-0.2, 0) is 4.79 Å². The fraction of sp³-hybridized carbons (Fsp3) is 0.217. The highest BCUT2D eigenvalue weighted by Crippen LogP contribution is 2.20. The second-order valence-electron chi connectivity index (χ2n) is 7.14. The van der Waals surface area contributed by atoms with Gasteiger partial charge in [-0.05, 0) is 54.8 Å². The van der Waals surface area contributed by atoms with E-state index in [4.69, 9.17) is 9.15 Å². The molecule has 1 unspecified atom stereocenters. The largest absolute Gasteiger partial charge is 0.484 e. The van der Waals surface area contributed by atoms with Crippen LogP contribution >= 0.6 is 11.8 Å². The molecular formula is C23H23N5O4S. The molecule has 0 fully saturated rings. The summed E-state index contributed by atoms with van der Waals surface area (Å²) in [4.78, 5) is 24.8. The summed E-state index contributed by atoms with van der Waals surface area (Å²) < 4.78 is 12.6. The van der Waals surface area contributed by atoms with Crippen LogP contribution in [-0.4, -0.2) is 45.0 Å². The van der Waals surface area contributed by atoms with E-state index in [1.165, 1.54) is 6.26 Å². The molecule has 9 nitrogen and oxygen atoms in total. The number of hydrogen-bond donors (Lipinski definition) is 2. The monoisotopic (exact) mass is 465 g/mol. The Morgan fingerprint density at radius 1 is 1.15 bits per heavy atom. The SMILES string of the molecule is CSCCC(NC(=O)COc1cccc(NC(=O)c2ccco2)c1)c1nnc2ccccn12. The van der Waals surface area contributed by atoms with Crippen LogP contribution in [0.4, 0.5) is 5.69 Å². The number of hydrogen-bond acceptors (Lipinski definition) is 7. The number of carbonyl (C=O) groups excluding carboxylic acids is 2. The summed E-state index contributed by atoms with van der Waals surface area (Å²) in [6.07, 6.45) is 6.03. The van der Waals surface area contributed by atoms with Crippen molar-refractivity contribution < 1.29 is 18.7 Å². The maximum Gasteiger partial charge on any atom is 0.291 e. The van der Waals surface area contributed by atoms with E-state index in [2.05, 4.69) is 20.8 Å². The highest BCUT2D eigenvalue weighted by atomic mass is 32.2. The summed E-state index contributed by atoms with van der Waals surface area (Å²) in [5, 5.41) is 14.2. The maximum atomic E-state index is 12.7. The molecule has 0 aliphatic rings. The first-order chi connectivity index (χ1) is 16.1. The standard InChI is InChI=1S/C23H23N5O4S/c1-33-13-10-18(22-27-26-20-9-2-3-11-28(20)22)25-21(29)15-32-17-7-4-6-16(14-17)24-23(30)19-8-5-12-31-19/h2-9,11-12,14,18H,10,13,15H2,1H3,(H,24,30)(H,25,29). The molecule has 4 rings (SSSR count). The maximum absolute atomic E-state index is 12.7. The highest BCUT2D eigenvalue weighted by molar-refractivity contribution is 7.98. The zero-order chi connectivity index (χ0) is 23.0. The molecule has 0 bridgehead atoms. The summed E-state index contributed by atoms with van der Waals surface area (Å²) in [6, 6.07) is 15.4. The Labute approximate surface area is 194 Å². The van der Waals surface area contributed by atoms with Crippen molar-refractivity contribution in [3.63, 3.8) is 0 Å². The number of aromatic nitrogens is 3. The van der Waals surface area contributed by atoms with Gasteiger partial charge in [0.15, 0.2) is 23.8 Å². The second kappa shape index (κ2) is 10.7. The van der Waals surface area contributed by atoms with Gasteiger partial charge in [-0.2, -0.15) is 11.8 Å². The van der Waals surface area contributed by atoms with Gasteiger partial charge in [-0.25, -0.2) is 0 Å². The van der Waals surface area contributed by atoms with Crippen LogP contribution in [0.15, 0.2) is 71.5 Å². The summed E-state index contributed by atoms with van der Waals surface area (Å²) in [5.41, 5.74) is 1.25. The molecule has 2 N–H and O–H groups in total. The normalized spacial score (nSPS) is 11.8. The molecule has 0 spiro atoms. The molecule has 3 heterocycles. The predicted octanol–water partition coefficient (Wildman–Crippen LogP) is 3.56. The number of thioether (sulfide) groups is 1. The summed E-state index contributed by atoms with van der Waals surface area (Å²) >= 11 is 1.69. The third kappa shape index (κ3) is 5.72. The topological polar surface area (TPSA) is 111 Å². The lowest BCUT2D eigenvalue weighted by molar-refractivity contribution is -0.123. The minimum Gasteiger partial charge on any atom is -0.484 e. The van der Waals surface area contributed by atoms with Crippen LogP contribution in [0, 0.1) is 0 Å². The van der Waals surface area contributed by atoms with E-state index < -0.39 is 0 Å². The number of furan rings is 1. The molecule has 0 saturated heterocycles. The van der Waals surface area contributed by atoms with E-state index in [-0.39, 0.29) is 30.2 Å². The number of ether oxygens (including phenoxy) is 1. The lowest BCUT2D eigenvalue weighted by atomic mass is 10.2. The molecule has 33 heavy (non-hydrogen) atoms. The van der Waals surface area contributed by atoms with Crippen LogP contribution in [0.1, 0.15) is 28.8 Å². The second-order valence-corrected chi connectivity index (χ2v) is 8.12. The number of pyridine rings is 1. The zero-order valence-electron chi connectivity index (χ0n) is 17.9. The molecule has 4 aromatic rings. The third-order valence-electron chi connectivity index (χ3n) is 4.80. The Morgan fingerprint density at radius 2 is 2.06 bits per heavy atom. The lowest BCUT2D eigenvalue weighted by Crippen LogP contribution is -2.34. The summed E-state index contributed by atoms with van der Waals surface area (Å²) in [7, 11) is 0. The van der Waals surface area contributed by atoms with Gasteiger partial charge < -0.3 is 19.8 Å². The smallest absolute Gasteiger partial charge is 0.291 e. The van der Waals surface area contributed by atoms with E-state index in [1.54, 1.807) is 48.2 Å². The number of rotatable bonds is 10. The average molecular weight is 466 g/mol. The van der Waals surface area contributed by atoms with Gasteiger partial charge >= 0.3 is 0 Å². The van der Waals surface area contributed by atoms with Gasteiger partial charge in [-0.15, -0.1) is 10.2 Å². The molecule has 0 saturated carbocycles. The van der Waals surface area contributed by atoms with Crippen LogP contribution in [0.2, 0.25) is 0 Å². The van der Waals surface area contributed by atoms with Crippen molar-refractivity contribution in [3.05, 3.63) is 78.6 Å². The number of carbonyl (C=O) groups is 2. The van der Waals surface area contributed by atoms with Gasteiger partial charge in [-0.3, -0.25) is 14.0 Å². The van der Waals surface area contributed by atoms with E-state index >= 15 is 0 Å². The van der Waals surface area contributed by atoms with Gasteiger partial charge in [0, 0.05) is 18.0 Å². The number of fused-ring (bicyclic) bond motifs is 1. The highest BCUT2D eigenvalue weighted by Gasteiger charge is 2.20. The molecule has 0 aliphatic heterocycles. The molecule has 170 valence electrons. The fourth-order valence-electron chi connectivity index (χ4n) is 3.25. The van der Waals surface area contributed by atoms with Gasteiger partial charge in [0.25, 0.3) is 11.8 Å². The van der Waals surface area contributed by atoms with Gasteiger partial charge in [-0.1, -0.05) is 12.1 Å². The van der Waals surface area contributed by atoms with Crippen molar-refractivity contribution in [2.24, 2.45) is 0 Å². The Morgan fingerprint density at radius 3 is 2.88 bits per heavy atom. The molecule has 10 heteroatoms. The van der Waals surface area contributed by atoms with E-state index in [9.17, 15) is 9.59 Å². The Bertz CT molecular complexity index is 1220. The first-order valence-corrected chi connectivity index (χ1v) is 11.7. The van der Waals surface area contributed by atoms with Gasteiger partial charge in [0.05, 0.1) is 12.3 Å². The molecule has 0 radical (unpaired) electrons. The van der Waals surface area contributed by atoms with Crippen molar-refractivity contribution in [1.29, 1.82) is 0 Å². The van der Waals surface area contributed by atoms with E-state index in [1.807, 2.05) is 35.1 Å². The minimum atomic E-state index is -0.368. The zero-order valence-corrected chi connectivity index (χ0v) is 18.7. The van der Waals surface area contributed by atoms with Crippen LogP contribution in [0.5, 0.6) is 5.75 Å². The van der Waals surface area contributed by atoms with Gasteiger partial charge in [0.1, 0.15) is 5.75 Å². The Balaban J connectivity index is 1.37. The van der Waals surface area contributed by atoms with E-state index in [0.717, 1.165) is 11.4 Å². The van der Waals surface area contributed by atoms with Crippen molar-refractivity contribution in [1.82, 2.24) is 19.9 Å². The molecule has 3 aromatic heterocycles. The van der Waals surface area contributed by atoms with Crippen molar-refractivity contribution in [3.8, 4) is 5.75 Å². The predicted molar refractivity (Wildman–Crippen MR) is 125 cm³/mol. The number of nitrogens with zero attached hydrogens (tertiary/aromatic N) is 3. The molecule has 1 atom stereocenters. The fourth-order valence-corrected chi connectivity index (χ4v) is 3.72. The number of benzene rings is 1. The molecule has 1 aromatic carbocycles. The van der Waals surface area contributed by atoms with E-state index in [0.29, 0.717) is 23.7 Å². The van der Waals surface area contributed by atoms with Crippen LogP contribution in [0.3, 0.4) is 0 Å². The third-order valence-corrected chi connectivity index (χ3v) is 5.45. The molecular weight excluding hydrogens is 442 g/mol. The minimum absolute atomic E-state index is 0.178. The lowest BCUT2D eigenvalue weighted by Gasteiger charge is -2.17. The first-order valence-electron chi connectivity index (χ1n) is 10.3.